The Kier molecular flexibility index (Phi) is 5.66. The molecule has 2 unspecified atom stereocenters. The Balaban J connectivity index is 1.51. The number of ether oxygens (including phenoxy) is 2. The molecule has 0 bridgehead atoms. The first-order valence-electron chi connectivity index (χ1n) is 9.21. The van der Waals surface area contributed by atoms with Crippen LogP contribution in [0.25, 0.3) is 0 Å². The summed E-state index contributed by atoms with van der Waals surface area (Å²) in [6.07, 6.45) is -1.00. The number of carbonyl (C=O) groups excluding carboxylic acids is 1. The summed E-state index contributed by atoms with van der Waals surface area (Å²) >= 11 is 0. The van der Waals surface area contributed by atoms with Crippen LogP contribution in [0.15, 0.2) is 91.0 Å². The number of nitrogens with zero attached hydrogens (tertiary/aromatic N) is 1. The van der Waals surface area contributed by atoms with Gasteiger partial charge >= 0.3 is 0 Å². The molecule has 1 aliphatic heterocycles. The summed E-state index contributed by atoms with van der Waals surface area (Å²) in [7, 11) is 0. The second-order valence-electron chi connectivity index (χ2n) is 6.46. The minimum Gasteiger partial charge on any atom is -0.491 e. The normalized spacial score (nSPS) is 19.2. The largest absolute Gasteiger partial charge is 0.491 e. The smallest absolute Gasteiger partial charge is 0.277 e. The van der Waals surface area contributed by atoms with Gasteiger partial charge in [0.2, 0.25) is 6.29 Å². The Morgan fingerprint density at radius 2 is 1.50 bits per heavy atom. The number of rotatable bonds is 5. The number of carbonyl (C=O) groups is 1. The zero-order chi connectivity index (χ0) is 19.2. The van der Waals surface area contributed by atoms with E-state index in [1.54, 1.807) is 12.1 Å². The van der Waals surface area contributed by atoms with Crippen molar-refractivity contribution in [2.45, 2.75) is 12.4 Å². The average molecular weight is 375 g/mol. The quantitative estimate of drug-likeness (QED) is 0.669. The zero-order valence-electron chi connectivity index (χ0n) is 15.3. The number of para-hydroxylation sites is 1. The van der Waals surface area contributed by atoms with Crippen molar-refractivity contribution in [2.24, 2.45) is 0 Å². The van der Waals surface area contributed by atoms with Crippen molar-refractivity contribution in [3.63, 3.8) is 0 Å². The molecule has 0 aromatic heterocycles. The van der Waals surface area contributed by atoms with E-state index in [0.717, 1.165) is 11.3 Å². The van der Waals surface area contributed by atoms with Gasteiger partial charge in [0.05, 0.1) is 6.54 Å². The van der Waals surface area contributed by atoms with E-state index < -0.39 is 6.29 Å². The molecule has 5 heteroatoms. The fourth-order valence-electron chi connectivity index (χ4n) is 2.99. The highest BCUT2D eigenvalue weighted by atomic mass is 16.8. The van der Waals surface area contributed by atoms with Gasteiger partial charge in [-0.2, -0.15) is 0 Å². The minimum atomic E-state index is -0.674. The Morgan fingerprint density at radius 3 is 2.18 bits per heavy atom. The molecule has 142 valence electrons. The third-order valence-corrected chi connectivity index (χ3v) is 4.41. The SMILES string of the molecule is O=C(c1ccccc1)N1CC(COc2ccccc2)OC(c2ccccc2)O1. The summed E-state index contributed by atoms with van der Waals surface area (Å²) in [6, 6.07) is 28.2. The van der Waals surface area contributed by atoms with Gasteiger partial charge in [-0.3, -0.25) is 4.79 Å². The predicted octanol–water partition coefficient (Wildman–Crippen LogP) is 4.24. The van der Waals surface area contributed by atoms with Crippen LogP contribution in [0.4, 0.5) is 0 Å². The van der Waals surface area contributed by atoms with Gasteiger partial charge in [-0.05, 0) is 24.3 Å². The van der Waals surface area contributed by atoms with Crippen LogP contribution in [-0.2, 0) is 9.57 Å². The Hall–Kier alpha value is -3.15. The molecule has 0 radical (unpaired) electrons. The molecule has 28 heavy (non-hydrogen) atoms. The van der Waals surface area contributed by atoms with Crippen LogP contribution in [0.2, 0.25) is 0 Å². The van der Waals surface area contributed by atoms with Crippen LogP contribution in [0.3, 0.4) is 0 Å². The van der Waals surface area contributed by atoms with Gasteiger partial charge in [0.25, 0.3) is 5.91 Å². The first kappa shape index (κ1) is 18.2. The molecule has 1 aliphatic rings. The number of hydrogen-bond acceptors (Lipinski definition) is 4. The molecular weight excluding hydrogens is 354 g/mol. The van der Waals surface area contributed by atoms with Gasteiger partial charge in [-0.25, -0.2) is 9.90 Å². The van der Waals surface area contributed by atoms with Gasteiger partial charge < -0.3 is 9.47 Å². The van der Waals surface area contributed by atoms with Gasteiger partial charge in [0.15, 0.2) is 0 Å². The molecule has 0 aliphatic carbocycles. The van der Waals surface area contributed by atoms with Gasteiger partial charge in [0.1, 0.15) is 18.5 Å². The highest BCUT2D eigenvalue weighted by molar-refractivity contribution is 5.93. The van der Waals surface area contributed by atoms with Gasteiger partial charge in [0, 0.05) is 11.1 Å². The Labute approximate surface area is 164 Å². The van der Waals surface area contributed by atoms with Crippen LogP contribution in [-0.4, -0.2) is 30.2 Å². The molecule has 1 saturated heterocycles. The molecule has 3 aromatic carbocycles. The van der Waals surface area contributed by atoms with E-state index in [4.69, 9.17) is 14.3 Å². The van der Waals surface area contributed by atoms with Crippen LogP contribution in [0, 0.1) is 0 Å². The number of hydroxylamine groups is 2. The van der Waals surface area contributed by atoms with Crippen LogP contribution < -0.4 is 4.74 Å². The second kappa shape index (κ2) is 8.69. The van der Waals surface area contributed by atoms with E-state index in [2.05, 4.69) is 0 Å². The molecule has 0 saturated carbocycles. The fraction of sp³-hybridized carbons (Fsp3) is 0.174. The van der Waals surface area contributed by atoms with Gasteiger partial charge in [-0.15, -0.1) is 0 Å². The molecule has 5 nitrogen and oxygen atoms in total. The predicted molar refractivity (Wildman–Crippen MR) is 105 cm³/mol. The Morgan fingerprint density at radius 1 is 0.893 bits per heavy atom. The molecule has 1 amide bonds. The number of hydrogen-bond donors (Lipinski definition) is 0. The maximum atomic E-state index is 12.9. The summed E-state index contributed by atoms with van der Waals surface area (Å²) < 4.78 is 11.9. The first-order chi connectivity index (χ1) is 13.8. The van der Waals surface area contributed by atoms with E-state index in [9.17, 15) is 4.79 Å². The highest BCUT2D eigenvalue weighted by Crippen LogP contribution is 2.28. The van der Waals surface area contributed by atoms with Crippen molar-refractivity contribution in [3.8, 4) is 5.75 Å². The maximum absolute atomic E-state index is 12.9. The van der Waals surface area contributed by atoms with Crippen LogP contribution >= 0.6 is 0 Å². The van der Waals surface area contributed by atoms with Crippen molar-refractivity contribution < 1.29 is 19.1 Å². The van der Waals surface area contributed by atoms with Crippen LogP contribution in [0.1, 0.15) is 22.2 Å². The second-order valence-corrected chi connectivity index (χ2v) is 6.46. The molecule has 3 aromatic rings. The third kappa shape index (κ3) is 4.39. The highest BCUT2D eigenvalue weighted by Gasteiger charge is 2.33. The lowest BCUT2D eigenvalue weighted by molar-refractivity contribution is -0.325. The topological polar surface area (TPSA) is 48.0 Å². The van der Waals surface area contributed by atoms with Crippen LogP contribution in [0.5, 0.6) is 5.75 Å². The number of benzene rings is 3. The lowest BCUT2D eigenvalue weighted by Crippen LogP contribution is -2.47. The third-order valence-electron chi connectivity index (χ3n) is 4.41. The molecule has 0 N–H and O–H groups in total. The van der Waals surface area contributed by atoms with Crippen molar-refractivity contribution in [1.82, 2.24) is 5.06 Å². The van der Waals surface area contributed by atoms with Crippen molar-refractivity contribution in [3.05, 3.63) is 102 Å². The summed E-state index contributed by atoms with van der Waals surface area (Å²) in [4.78, 5) is 18.8. The molecular formula is C23H21NO4. The number of amides is 1. The van der Waals surface area contributed by atoms with E-state index in [-0.39, 0.29) is 18.6 Å². The molecule has 2 atom stereocenters. The maximum Gasteiger partial charge on any atom is 0.277 e. The van der Waals surface area contributed by atoms with Crippen molar-refractivity contribution in [1.29, 1.82) is 0 Å². The molecule has 1 heterocycles. The van der Waals surface area contributed by atoms with E-state index in [1.807, 2.05) is 78.9 Å². The first-order valence-corrected chi connectivity index (χ1v) is 9.21. The summed E-state index contributed by atoms with van der Waals surface area (Å²) in [5.41, 5.74) is 1.41. The lowest BCUT2D eigenvalue weighted by atomic mass is 10.2. The van der Waals surface area contributed by atoms with E-state index in [0.29, 0.717) is 12.2 Å². The summed E-state index contributed by atoms with van der Waals surface area (Å²) in [5.74, 6) is 0.560. The molecule has 1 fully saturated rings. The van der Waals surface area contributed by atoms with E-state index >= 15 is 0 Å². The zero-order valence-corrected chi connectivity index (χ0v) is 15.3. The van der Waals surface area contributed by atoms with E-state index in [1.165, 1.54) is 5.06 Å². The minimum absolute atomic E-state index is 0.199. The molecule has 4 rings (SSSR count). The summed E-state index contributed by atoms with van der Waals surface area (Å²) in [6.45, 7) is 0.596. The molecule has 0 spiro atoms. The summed E-state index contributed by atoms with van der Waals surface area (Å²) in [5, 5.41) is 1.37. The fourth-order valence-corrected chi connectivity index (χ4v) is 2.99. The van der Waals surface area contributed by atoms with Crippen molar-refractivity contribution >= 4 is 5.91 Å². The Bertz CT molecular complexity index is 886. The average Bonchev–Trinajstić information content (AvgIpc) is 2.79. The lowest BCUT2D eigenvalue weighted by Gasteiger charge is -2.37. The monoisotopic (exact) mass is 375 g/mol. The standard InChI is InChI=1S/C23H21NO4/c25-22(18-10-4-1-5-11-18)24-16-21(17-26-20-14-8-3-9-15-20)27-23(28-24)19-12-6-2-7-13-19/h1-15,21,23H,16-17H2. The van der Waals surface area contributed by atoms with Crippen molar-refractivity contribution in [2.75, 3.05) is 13.2 Å². The van der Waals surface area contributed by atoms with Gasteiger partial charge in [-0.1, -0.05) is 66.7 Å².